The molecule has 0 spiro atoms. The van der Waals surface area contributed by atoms with Gasteiger partial charge in [0.25, 0.3) is 0 Å². The van der Waals surface area contributed by atoms with Gasteiger partial charge < -0.3 is 9.30 Å². The number of methoxy groups -OCH3 is 1. The molecule has 0 unspecified atom stereocenters. The van der Waals surface area contributed by atoms with Gasteiger partial charge in [0.15, 0.2) is 0 Å². The Hall–Kier alpha value is -2.14. The number of ether oxygens (including phenoxy) is 1. The Labute approximate surface area is 147 Å². The average molecular weight is 344 g/mol. The van der Waals surface area contributed by atoms with Gasteiger partial charge in [-0.15, -0.1) is 0 Å². The van der Waals surface area contributed by atoms with E-state index in [-0.39, 0.29) is 18.3 Å². The standard InChI is InChI=1S/C20H25FN2O2/c1-4-9-22-10-7-15(8-11-22)20-14(2)23(13-19(24)25-3)18-6-5-16(21)12-17(18)20/h5-7,12H,4,8-11,13H2,1-3H3. The average Bonchev–Trinajstić information content (AvgIpc) is 2.87. The summed E-state index contributed by atoms with van der Waals surface area (Å²) >= 11 is 0. The predicted molar refractivity (Wildman–Crippen MR) is 98.0 cm³/mol. The van der Waals surface area contributed by atoms with Gasteiger partial charge in [-0.25, -0.2) is 4.39 Å². The van der Waals surface area contributed by atoms with Crippen molar-refractivity contribution in [2.45, 2.75) is 33.2 Å². The number of carbonyl (C=O) groups is 1. The van der Waals surface area contributed by atoms with Crippen LogP contribution >= 0.6 is 0 Å². The second-order valence-electron chi connectivity index (χ2n) is 6.56. The Morgan fingerprint density at radius 3 is 2.80 bits per heavy atom. The number of carbonyl (C=O) groups excluding carboxylic acids is 1. The largest absolute Gasteiger partial charge is 0.468 e. The molecule has 0 saturated carbocycles. The van der Waals surface area contributed by atoms with E-state index in [1.54, 1.807) is 12.1 Å². The highest BCUT2D eigenvalue weighted by atomic mass is 19.1. The number of hydrogen-bond acceptors (Lipinski definition) is 3. The number of nitrogens with zero attached hydrogens (tertiary/aromatic N) is 2. The number of hydrogen-bond donors (Lipinski definition) is 0. The first kappa shape index (κ1) is 17.7. The van der Waals surface area contributed by atoms with Crippen LogP contribution in [0.1, 0.15) is 31.0 Å². The Balaban J connectivity index is 2.07. The molecule has 2 heterocycles. The minimum Gasteiger partial charge on any atom is -0.468 e. The molecule has 0 N–H and O–H groups in total. The number of benzene rings is 1. The van der Waals surface area contributed by atoms with Crippen molar-refractivity contribution >= 4 is 22.4 Å². The van der Waals surface area contributed by atoms with E-state index in [1.807, 2.05) is 11.5 Å². The van der Waals surface area contributed by atoms with Crippen LogP contribution in [0.25, 0.3) is 16.5 Å². The molecule has 2 aromatic rings. The summed E-state index contributed by atoms with van der Waals surface area (Å²) in [4.78, 5) is 14.2. The van der Waals surface area contributed by atoms with Crippen molar-refractivity contribution in [1.29, 1.82) is 0 Å². The van der Waals surface area contributed by atoms with Gasteiger partial charge in [0, 0.05) is 35.2 Å². The van der Waals surface area contributed by atoms with Crippen LogP contribution < -0.4 is 0 Å². The Morgan fingerprint density at radius 2 is 2.16 bits per heavy atom. The smallest absolute Gasteiger partial charge is 0.325 e. The van der Waals surface area contributed by atoms with Crippen LogP contribution in [0.5, 0.6) is 0 Å². The molecule has 0 bridgehead atoms. The molecule has 1 aliphatic rings. The van der Waals surface area contributed by atoms with Crippen LogP contribution in [-0.4, -0.2) is 42.2 Å². The Morgan fingerprint density at radius 1 is 1.36 bits per heavy atom. The lowest BCUT2D eigenvalue weighted by Crippen LogP contribution is -2.29. The van der Waals surface area contributed by atoms with E-state index in [0.717, 1.165) is 54.6 Å². The van der Waals surface area contributed by atoms with Gasteiger partial charge in [-0.05, 0) is 50.1 Å². The molecular weight excluding hydrogens is 319 g/mol. The Bertz CT molecular complexity index is 823. The lowest BCUT2D eigenvalue weighted by Gasteiger charge is -2.26. The van der Waals surface area contributed by atoms with Crippen LogP contribution in [0.3, 0.4) is 0 Å². The van der Waals surface area contributed by atoms with Gasteiger partial charge in [-0.2, -0.15) is 0 Å². The third kappa shape index (κ3) is 3.47. The van der Waals surface area contributed by atoms with E-state index in [9.17, 15) is 9.18 Å². The van der Waals surface area contributed by atoms with E-state index in [4.69, 9.17) is 4.74 Å². The van der Waals surface area contributed by atoms with Crippen LogP contribution in [0.2, 0.25) is 0 Å². The number of fused-ring (bicyclic) bond motifs is 1. The topological polar surface area (TPSA) is 34.5 Å². The van der Waals surface area contributed by atoms with Crippen molar-refractivity contribution in [1.82, 2.24) is 9.47 Å². The number of halogens is 1. The zero-order chi connectivity index (χ0) is 18.0. The van der Waals surface area contributed by atoms with E-state index in [0.29, 0.717) is 0 Å². The Kier molecular flexibility index (Phi) is 5.23. The van der Waals surface area contributed by atoms with Crippen molar-refractivity contribution in [3.8, 4) is 0 Å². The molecule has 134 valence electrons. The van der Waals surface area contributed by atoms with E-state index in [2.05, 4.69) is 17.9 Å². The van der Waals surface area contributed by atoms with Crippen LogP contribution in [0.15, 0.2) is 24.3 Å². The van der Waals surface area contributed by atoms with Crippen molar-refractivity contribution in [2.24, 2.45) is 0 Å². The minimum absolute atomic E-state index is 0.139. The number of esters is 1. The maximum atomic E-state index is 13.9. The molecule has 0 amide bonds. The fourth-order valence-corrected chi connectivity index (χ4v) is 3.71. The molecule has 4 nitrogen and oxygen atoms in total. The molecule has 0 atom stereocenters. The minimum atomic E-state index is -0.303. The predicted octanol–water partition coefficient (Wildman–Crippen LogP) is 3.76. The lowest BCUT2D eigenvalue weighted by molar-refractivity contribution is -0.141. The second kappa shape index (κ2) is 7.40. The molecule has 1 aliphatic heterocycles. The molecule has 0 radical (unpaired) electrons. The van der Waals surface area contributed by atoms with Crippen LogP contribution in [-0.2, 0) is 16.1 Å². The van der Waals surface area contributed by atoms with Gasteiger partial charge in [-0.3, -0.25) is 9.69 Å². The summed E-state index contributed by atoms with van der Waals surface area (Å²) in [6, 6.07) is 4.76. The van der Waals surface area contributed by atoms with Crippen LogP contribution in [0, 0.1) is 12.7 Å². The third-order valence-electron chi connectivity index (χ3n) is 4.95. The maximum Gasteiger partial charge on any atom is 0.325 e. The van der Waals surface area contributed by atoms with Gasteiger partial charge in [0.05, 0.1) is 7.11 Å². The third-order valence-corrected chi connectivity index (χ3v) is 4.95. The monoisotopic (exact) mass is 344 g/mol. The van der Waals surface area contributed by atoms with Gasteiger partial charge in [-0.1, -0.05) is 13.0 Å². The number of aromatic nitrogens is 1. The van der Waals surface area contributed by atoms with E-state index < -0.39 is 0 Å². The molecule has 5 heteroatoms. The molecule has 0 aliphatic carbocycles. The van der Waals surface area contributed by atoms with E-state index in [1.165, 1.54) is 18.7 Å². The molecule has 3 rings (SSSR count). The summed E-state index contributed by atoms with van der Waals surface area (Å²) in [5.41, 5.74) is 4.16. The summed E-state index contributed by atoms with van der Waals surface area (Å²) in [7, 11) is 1.38. The van der Waals surface area contributed by atoms with Gasteiger partial charge in [0.1, 0.15) is 12.4 Å². The maximum absolute atomic E-state index is 13.9. The van der Waals surface area contributed by atoms with Crippen LogP contribution in [0.4, 0.5) is 4.39 Å². The molecule has 0 fully saturated rings. The molecular formula is C20H25FN2O2. The zero-order valence-electron chi connectivity index (χ0n) is 15.1. The normalized spacial score (nSPS) is 15.4. The summed E-state index contributed by atoms with van der Waals surface area (Å²) in [5, 5.41) is 0.872. The molecule has 0 saturated heterocycles. The van der Waals surface area contributed by atoms with Gasteiger partial charge in [0.2, 0.25) is 0 Å². The second-order valence-corrected chi connectivity index (χ2v) is 6.56. The fraction of sp³-hybridized carbons (Fsp3) is 0.450. The van der Waals surface area contributed by atoms with Crippen molar-refractivity contribution in [2.75, 3.05) is 26.7 Å². The highest BCUT2D eigenvalue weighted by Gasteiger charge is 2.21. The zero-order valence-corrected chi connectivity index (χ0v) is 15.1. The first-order valence-electron chi connectivity index (χ1n) is 8.82. The molecule has 1 aromatic carbocycles. The summed E-state index contributed by atoms with van der Waals surface area (Å²) in [5.74, 6) is -0.560. The first-order valence-corrected chi connectivity index (χ1v) is 8.82. The molecule has 25 heavy (non-hydrogen) atoms. The fourth-order valence-electron chi connectivity index (χ4n) is 3.71. The lowest BCUT2D eigenvalue weighted by atomic mass is 9.96. The molecule has 1 aromatic heterocycles. The van der Waals surface area contributed by atoms with Gasteiger partial charge >= 0.3 is 5.97 Å². The summed E-state index contributed by atoms with van der Waals surface area (Å²) in [6.07, 6.45) is 4.33. The van der Waals surface area contributed by atoms with E-state index >= 15 is 0 Å². The quantitative estimate of drug-likeness (QED) is 0.775. The van der Waals surface area contributed by atoms with Crippen molar-refractivity contribution in [3.05, 3.63) is 41.3 Å². The first-order chi connectivity index (χ1) is 12.0. The summed E-state index contributed by atoms with van der Waals surface area (Å²) in [6.45, 7) is 7.35. The highest BCUT2D eigenvalue weighted by Crippen LogP contribution is 2.35. The van der Waals surface area contributed by atoms with Crippen molar-refractivity contribution < 1.29 is 13.9 Å². The highest BCUT2D eigenvalue weighted by molar-refractivity contribution is 5.95. The number of rotatable bonds is 5. The van der Waals surface area contributed by atoms with Crippen molar-refractivity contribution in [3.63, 3.8) is 0 Å². The SMILES string of the molecule is CCCN1CC=C(c2c(C)n(CC(=O)OC)c3ccc(F)cc23)CC1. The summed E-state index contributed by atoms with van der Waals surface area (Å²) < 4.78 is 20.6.